The van der Waals surface area contributed by atoms with Gasteiger partial charge in [0.25, 0.3) is 5.67 Å². The van der Waals surface area contributed by atoms with Crippen molar-refractivity contribution in [2.24, 2.45) is 33.6 Å². The van der Waals surface area contributed by atoms with Crippen LogP contribution in [0.3, 0.4) is 0 Å². The average Bonchev–Trinajstić information content (AvgIpc) is 3.17. The number of cyclic esters (lactones) is 1. The van der Waals surface area contributed by atoms with Crippen LogP contribution in [0.1, 0.15) is 97.5 Å². The number of rotatable bonds is 8. The molecule has 4 rings (SSSR count). The maximum absolute atomic E-state index is 16.9. The number of nitrogens with zero attached hydrogens (tertiary/aromatic N) is 3. The molecule has 2 bridgehead atoms. The van der Waals surface area contributed by atoms with Crippen LogP contribution in [0.15, 0.2) is 34.4 Å². The molecular formula is C42H63FN4O12. The second-order valence-electron chi connectivity index (χ2n) is 17.1. The van der Waals surface area contributed by atoms with E-state index < -0.39 is 101 Å². The lowest BCUT2D eigenvalue weighted by Crippen LogP contribution is -2.61. The Hall–Kier alpha value is -3.71. The van der Waals surface area contributed by atoms with Crippen molar-refractivity contribution in [2.45, 2.75) is 148 Å². The van der Waals surface area contributed by atoms with E-state index in [0.29, 0.717) is 17.7 Å². The fraction of sp³-hybridized carbons (Fsp3) is 0.714. The summed E-state index contributed by atoms with van der Waals surface area (Å²) in [6.07, 6.45) is -6.65. The lowest BCUT2D eigenvalue weighted by molar-refractivity contribution is -0.296. The molecule has 3 aliphatic rings. The molecule has 0 radical (unpaired) electrons. The minimum Gasteiger partial charge on any atom is -0.457 e. The topological polar surface area (TPSA) is 218 Å². The van der Waals surface area contributed by atoms with E-state index in [4.69, 9.17) is 34.3 Å². The minimum absolute atomic E-state index is 0.0191. The molecule has 4 N–H and O–H groups in total. The van der Waals surface area contributed by atoms with Gasteiger partial charge in [0.1, 0.15) is 30.1 Å². The zero-order valence-corrected chi connectivity index (χ0v) is 36.1. The van der Waals surface area contributed by atoms with Gasteiger partial charge in [-0.1, -0.05) is 45.0 Å². The SMILES string of the molecule is CC[C@H]1OC(=O)[C@@](C)(F)C(=O)[C@H](C)[C@@H](O[C@@H]2O[C@H](C)C[C@H](N(C)C)[C@H]2O)[C@@]2(C)C[C@@H](C)C(=NC(C)=O)[C@H](C)[C@H](OC/C(=N\OCc3cccc(C(N)=O)c3)CO2)[C@]1(C)O. The van der Waals surface area contributed by atoms with Crippen molar-refractivity contribution in [3.63, 3.8) is 0 Å². The van der Waals surface area contributed by atoms with E-state index >= 15 is 4.39 Å². The Morgan fingerprint density at radius 2 is 1.76 bits per heavy atom. The summed E-state index contributed by atoms with van der Waals surface area (Å²) in [6.45, 7) is 12.7. The fourth-order valence-corrected chi connectivity index (χ4v) is 8.62. The number of halogens is 1. The van der Waals surface area contributed by atoms with Gasteiger partial charge in [0.05, 0.1) is 37.1 Å². The van der Waals surface area contributed by atoms with Gasteiger partial charge in [0.15, 0.2) is 12.1 Å². The molecule has 330 valence electrons. The Morgan fingerprint density at radius 3 is 2.37 bits per heavy atom. The first kappa shape index (κ1) is 48.0. The van der Waals surface area contributed by atoms with E-state index in [-0.39, 0.29) is 43.9 Å². The molecule has 3 aliphatic heterocycles. The molecule has 2 amide bonds. The largest absolute Gasteiger partial charge is 0.457 e. The van der Waals surface area contributed by atoms with Crippen molar-refractivity contribution in [1.29, 1.82) is 0 Å². The van der Waals surface area contributed by atoms with Crippen LogP contribution < -0.4 is 5.73 Å². The number of carbonyl (C=O) groups is 4. The summed E-state index contributed by atoms with van der Waals surface area (Å²) in [6, 6.07) is 6.07. The Labute approximate surface area is 345 Å². The number of oxime groups is 1. The molecule has 0 spiro atoms. The second kappa shape index (κ2) is 19.3. The number of esters is 1. The van der Waals surface area contributed by atoms with Crippen molar-refractivity contribution >= 4 is 35.0 Å². The maximum Gasteiger partial charge on any atom is 0.351 e. The van der Waals surface area contributed by atoms with E-state index in [2.05, 4.69) is 10.1 Å². The molecule has 13 atom stereocenters. The van der Waals surface area contributed by atoms with E-state index in [9.17, 15) is 29.4 Å². The van der Waals surface area contributed by atoms with Crippen LogP contribution in [-0.4, -0.2) is 137 Å². The number of aliphatic imine (C=N–C) groups is 1. The van der Waals surface area contributed by atoms with Gasteiger partial charge in [-0.05, 0) is 84.7 Å². The molecule has 0 aromatic heterocycles. The van der Waals surface area contributed by atoms with Gasteiger partial charge < -0.3 is 49.4 Å². The average molecular weight is 835 g/mol. The normalized spacial score (nSPS) is 39.2. The summed E-state index contributed by atoms with van der Waals surface area (Å²) in [4.78, 5) is 64.8. The Kier molecular flexibility index (Phi) is 15.7. The lowest BCUT2D eigenvalue weighted by atomic mass is 9.73. The first-order valence-electron chi connectivity index (χ1n) is 20.2. The number of aliphatic hydroxyl groups excluding tert-OH is 1. The number of aliphatic hydroxyl groups is 2. The van der Waals surface area contributed by atoms with Crippen LogP contribution >= 0.6 is 0 Å². The first-order chi connectivity index (χ1) is 27.4. The highest BCUT2D eigenvalue weighted by atomic mass is 19.1. The van der Waals surface area contributed by atoms with Crippen LogP contribution in [0, 0.1) is 17.8 Å². The van der Waals surface area contributed by atoms with E-state index in [1.807, 2.05) is 11.8 Å². The standard InChI is InChI=1S/C42H63FN4O12/c1-12-31-42(9,53)36-24(4)32(45-26(6)48)22(2)18-40(7,55-21-29(20-54-36)46-56-19-27-14-13-15-28(17-27)37(44)51)35(25(5)34(50)41(8,43)39(52)58-31)59-38-33(49)30(47(10)11)16-23(3)57-38/h13-15,17,22-25,30-31,33,35-36,38,49,53H,12,16,18-21H2,1-11H3,(H2,44,51)/b45-32?,46-29+/t22-,23-,24+,25+,30+,31-,33-,35-,36+,38+,40-,41+,42-/m1/s1. The van der Waals surface area contributed by atoms with Gasteiger partial charge in [-0.25, -0.2) is 14.2 Å². The number of hydrogen-bond donors (Lipinski definition) is 3. The number of ketones is 1. The number of carbonyl (C=O) groups excluding carboxylic acids is 4. The van der Waals surface area contributed by atoms with Crippen molar-refractivity contribution in [2.75, 3.05) is 27.3 Å². The quantitative estimate of drug-likeness (QED) is 0.195. The minimum atomic E-state index is -3.23. The summed E-state index contributed by atoms with van der Waals surface area (Å²) in [5.74, 6) is -6.83. The maximum atomic E-state index is 16.9. The zero-order chi connectivity index (χ0) is 44.2. The number of benzene rings is 1. The molecule has 0 aliphatic carbocycles. The van der Waals surface area contributed by atoms with Crippen molar-refractivity contribution in [1.82, 2.24) is 4.90 Å². The number of likely N-dealkylation sites (N-methyl/N-ethyl adjacent to an activating group) is 1. The molecule has 3 heterocycles. The molecular weight excluding hydrogens is 771 g/mol. The number of amides is 2. The van der Waals surface area contributed by atoms with Gasteiger partial charge in [-0.3, -0.25) is 14.4 Å². The third-order valence-electron chi connectivity index (χ3n) is 11.8. The molecule has 1 aromatic carbocycles. The number of alkyl halides is 1. The van der Waals surface area contributed by atoms with Crippen LogP contribution in [0.4, 0.5) is 4.39 Å². The van der Waals surface area contributed by atoms with Crippen molar-refractivity contribution in [3.8, 4) is 0 Å². The fourth-order valence-electron chi connectivity index (χ4n) is 8.62. The summed E-state index contributed by atoms with van der Waals surface area (Å²) >= 11 is 0. The van der Waals surface area contributed by atoms with E-state index in [0.717, 1.165) is 6.92 Å². The summed E-state index contributed by atoms with van der Waals surface area (Å²) in [5.41, 5.74) is -0.112. The molecule has 0 saturated carbocycles. The number of ether oxygens (including phenoxy) is 5. The summed E-state index contributed by atoms with van der Waals surface area (Å²) in [7, 11) is 3.61. The van der Waals surface area contributed by atoms with Gasteiger partial charge >= 0.3 is 5.97 Å². The summed E-state index contributed by atoms with van der Waals surface area (Å²) < 4.78 is 48.5. The molecule has 59 heavy (non-hydrogen) atoms. The Balaban J connectivity index is 1.96. The van der Waals surface area contributed by atoms with Gasteiger partial charge in [-0.2, -0.15) is 0 Å². The third-order valence-corrected chi connectivity index (χ3v) is 11.8. The molecule has 16 nitrogen and oxygen atoms in total. The molecule has 1 aromatic rings. The highest BCUT2D eigenvalue weighted by Crippen LogP contribution is 2.41. The molecule has 3 saturated heterocycles. The zero-order valence-electron chi connectivity index (χ0n) is 36.1. The highest BCUT2D eigenvalue weighted by Gasteiger charge is 2.56. The summed E-state index contributed by atoms with van der Waals surface area (Å²) in [5, 5.41) is 28.3. The van der Waals surface area contributed by atoms with E-state index in [1.165, 1.54) is 20.8 Å². The monoisotopic (exact) mass is 834 g/mol. The first-order valence-corrected chi connectivity index (χ1v) is 20.2. The Bertz CT molecular complexity index is 1750. The smallest absolute Gasteiger partial charge is 0.351 e. The third kappa shape index (κ3) is 11.0. The van der Waals surface area contributed by atoms with Crippen LogP contribution in [-0.2, 0) is 49.5 Å². The van der Waals surface area contributed by atoms with Crippen molar-refractivity contribution in [3.05, 3.63) is 35.4 Å². The number of hydrogen-bond acceptors (Lipinski definition) is 14. The molecule has 0 unspecified atom stereocenters. The van der Waals surface area contributed by atoms with E-state index in [1.54, 1.807) is 66.1 Å². The number of primary amides is 1. The lowest BCUT2D eigenvalue weighted by Gasteiger charge is -2.47. The predicted octanol–water partition coefficient (Wildman–Crippen LogP) is 3.31. The predicted molar refractivity (Wildman–Crippen MR) is 214 cm³/mol. The number of fused-ring (bicyclic) bond motifs is 5. The van der Waals surface area contributed by atoms with Crippen LogP contribution in [0.5, 0.6) is 0 Å². The highest BCUT2D eigenvalue weighted by molar-refractivity contribution is 6.08. The molecule has 17 heteroatoms. The molecule has 3 fully saturated rings. The number of nitrogens with two attached hydrogens (primary N) is 1. The van der Waals surface area contributed by atoms with Crippen molar-refractivity contribution < 1.29 is 62.3 Å². The Morgan fingerprint density at radius 1 is 1.08 bits per heavy atom. The van der Waals surface area contributed by atoms with Gasteiger partial charge in [0.2, 0.25) is 11.8 Å². The van der Waals surface area contributed by atoms with Crippen LogP contribution in [0.25, 0.3) is 0 Å². The van der Waals surface area contributed by atoms with Crippen LogP contribution in [0.2, 0.25) is 0 Å². The van der Waals surface area contributed by atoms with Gasteiger partial charge in [0, 0.05) is 36.1 Å². The second-order valence-corrected chi connectivity index (χ2v) is 17.1. The number of Topliss-reactive ketones (excluding diaryl/α,β-unsaturated/α-hetero) is 1. The van der Waals surface area contributed by atoms with Gasteiger partial charge in [-0.15, -0.1) is 0 Å².